The highest BCUT2D eigenvalue weighted by Gasteiger charge is 2.19. The fourth-order valence-electron chi connectivity index (χ4n) is 10.5. The zero-order valence-electron chi connectivity index (χ0n) is 53.6. The van der Waals surface area contributed by atoms with Crippen molar-refractivity contribution in [2.24, 2.45) is 0 Å². The van der Waals surface area contributed by atoms with E-state index < -0.39 is 6.10 Å². The first-order valence-corrected chi connectivity index (χ1v) is 35.3. The molecule has 0 N–H and O–H groups in total. The predicted molar refractivity (Wildman–Crippen MR) is 348 cm³/mol. The van der Waals surface area contributed by atoms with Crippen LogP contribution in [0.5, 0.6) is 0 Å². The van der Waals surface area contributed by atoms with Gasteiger partial charge in [0.1, 0.15) is 13.2 Å². The van der Waals surface area contributed by atoms with Gasteiger partial charge >= 0.3 is 17.9 Å². The van der Waals surface area contributed by atoms with Gasteiger partial charge < -0.3 is 14.2 Å². The maximum atomic E-state index is 12.9. The van der Waals surface area contributed by atoms with Crippen LogP contribution in [-0.2, 0) is 28.6 Å². The molecule has 0 fully saturated rings. The first-order valence-electron chi connectivity index (χ1n) is 35.3. The SMILES string of the molecule is CC/C=C\C/C=C\C/C=C\C/C=C\C/C=C\CCCC(=O)OC(COC(=O)CCCCCCCCCCCCC)COC(=O)CCCCCCCCCCCCCCCCCCCCCCCCCCCCCCCCCCCC. The van der Waals surface area contributed by atoms with Crippen LogP contribution in [0.4, 0.5) is 0 Å². The number of rotatable bonds is 65. The van der Waals surface area contributed by atoms with E-state index in [1.54, 1.807) is 0 Å². The number of allylic oxidation sites excluding steroid dienone is 10. The molecule has 0 heterocycles. The van der Waals surface area contributed by atoms with Crippen LogP contribution < -0.4 is 0 Å². The summed E-state index contributed by atoms with van der Waals surface area (Å²) in [6.45, 7) is 6.52. The molecule has 0 aromatic heterocycles. The Morgan fingerprint density at radius 1 is 0.263 bits per heavy atom. The number of hydrogen-bond donors (Lipinski definition) is 0. The summed E-state index contributed by atoms with van der Waals surface area (Å²) in [5.41, 5.74) is 0. The van der Waals surface area contributed by atoms with Crippen LogP contribution in [0.25, 0.3) is 0 Å². The van der Waals surface area contributed by atoms with Crippen LogP contribution in [0.15, 0.2) is 60.8 Å². The lowest BCUT2D eigenvalue weighted by Crippen LogP contribution is -2.30. The van der Waals surface area contributed by atoms with Crippen LogP contribution >= 0.6 is 0 Å². The number of carbonyl (C=O) groups is 3. The summed E-state index contributed by atoms with van der Waals surface area (Å²) in [5.74, 6) is -0.933. The highest BCUT2D eigenvalue weighted by atomic mass is 16.6. The summed E-state index contributed by atoms with van der Waals surface area (Å²) in [5, 5.41) is 0. The monoisotopic (exact) mass is 1120 g/mol. The minimum Gasteiger partial charge on any atom is -0.462 e. The molecule has 0 aliphatic rings. The minimum atomic E-state index is -0.801. The second-order valence-electron chi connectivity index (χ2n) is 23.8. The molecule has 466 valence electrons. The quantitative estimate of drug-likeness (QED) is 0.0261. The third-order valence-electron chi connectivity index (χ3n) is 15.8. The van der Waals surface area contributed by atoms with E-state index in [0.29, 0.717) is 19.3 Å². The second-order valence-corrected chi connectivity index (χ2v) is 23.8. The molecule has 6 heteroatoms. The van der Waals surface area contributed by atoms with Gasteiger partial charge in [-0.1, -0.05) is 358 Å². The number of carbonyl (C=O) groups excluding carboxylic acids is 3. The Morgan fingerprint density at radius 2 is 0.487 bits per heavy atom. The van der Waals surface area contributed by atoms with E-state index in [1.807, 2.05) is 0 Å². The van der Waals surface area contributed by atoms with E-state index in [2.05, 4.69) is 81.5 Å². The molecule has 0 aromatic rings. The minimum absolute atomic E-state index is 0.0925. The second kappa shape index (κ2) is 68.6. The molecule has 1 unspecified atom stereocenters. The summed E-state index contributed by atoms with van der Waals surface area (Å²) < 4.78 is 16.9. The van der Waals surface area contributed by atoms with Gasteiger partial charge in [0.2, 0.25) is 0 Å². The maximum absolute atomic E-state index is 12.9. The van der Waals surface area contributed by atoms with Crippen LogP contribution in [-0.4, -0.2) is 37.2 Å². The van der Waals surface area contributed by atoms with Crippen molar-refractivity contribution in [3.63, 3.8) is 0 Å². The summed E-state index contributed by atoms with van der Waals surface area (Å²) in [6, 6.07) is 0. The molecule has 0 bridgehead atoms. The number of ether oxygens (including phenoxy) is 3. The Kier molecular flexibility index (Phi) is 66.1. The van der Waals surface area contributed by atoms with Crippen molar-refractivity contribution >= 4 is 17.9 Å². The third-order valence-corrected chi connectivity index (χ3v) is 15.8. The Balaban J connectivity index is 4.09. The van der Waals surface area contributed by atoms with Crippen molar-refractivity contribution < 1.29 is 28.6 Å². The molecule has 0 saturated heterocycles. The largest absolute Gasteiger partial charge is 0.462 e. The molecule has 0 amide bonds. The normalized spacial score (nSPS) is 12.4. The molecule has 0 aliphatic carbocycles. The van der Waals surface area contributed by atoms with Crippen LogP contribution in [0, 0.1) is 0 Å². The molecule has 0 saturated carbocycles. The van der Waals surface area contributed by atoms with Gasteiger partial charge in [-0.3, -0.25) is 14.4 Å². The first kappa shape index (κ1) is 77.1. The lowest BCUT2D eigenvalue weighted by molar-refractivity contribution is -0.167. The molecule has 80 heavy (non-hydrogen) atoms. The summed E-state index contributed by atoms with van der Waals surface area (Å²) in [4.78, 5) is 38.2. The Morgan fingerprint density at radius 3 is 0.750 bits per heavy atom. The smallest absolute Gasteiger partial charge is 0.306 e. The zero-order chi connectivity index (χ0) is 57.8. The van der Waals surface area contributed by atoms with E-state index >= 15 is 0 Å². The lowest BCUT2D eigenvalue weighted by Gasteiger charge is -2.18. The van der Waals surface area contributed by atoms with Gasteiger partial charge in [0.05, 0.1) is 0 Å². The molecular formula is C74H134O6. The fraction of sp³-hybridized carbons (Fsp3) is 0.824. The number of esters is 3. The van der Waals surface area contributed by atoms with Gasteiger partial charge in [-0.15, -0.1) is 0 Å². The maximum Gasteiger partial charge on any atom is 0.306 e. The predicted octanol–water partition coefficient (Wildman–Crippen LogP) is 24.3. The lowest BCUT2D eigenvalue weighted by atomic mass is 10.0. The molecular weight excluding hydrogens is 985 g/mol. The van der Waals surface area contributed by atoms with Crippen molar-refractivity contribution in [2.75, 3.05) is 13.2 Å². The van der Waals surface area contributed by atoms with E-state index in [0.717, 1.165) is 77.0 Å². The molecule has 0 rings (SSSR count). The Bertz CT molecular complexity index is 1430. The van der Waals surface area contributed by atoms with E-state index in [1.165, 1.54) is 250 Å². The third kappa shape index (κ3) is 65.9. The van der Waals surface area contributed by atoms with Gasteiger partial charge in [-0.2, -0.15) is 0 Å². The molecule has 0 aromatic carbocycles. The Hall–Kier alpha value is -2.89. The molecule has 6 nitrogen and oxygen atoms in total. The van der Waals surface area contributed by atoms with Crippen molar-refractivity contribution in [1.29, 1.82) is 0 Å². The van der Waals surface area contributed by atoms with Crippen LogP contribution in [0.2, 0.25) is 0 Å². The summed E-state index contributed by atoms with van der Waals surface area (Å²) in [7, 11) is 0. The molecule has 0 aliphatic heterocycles. The van der Waals surface area contributed by atoms with Gasteiger partial charge in [0, 0.05) is 19.3 Å². The Labute approximate surface area is 498 Å². The highest BCUT2D eigenvalue weighted by molar-refractivity contribution is 5.71. The van der Waals surface area contributed by atoms with E-state index in [9.17, 15) is 14.4 Å². The molecule has 1 atom stereocenters. The topological polar surface area (TPSA) is 78.9 Å². The number of hydrogen-bond acceptors (Lipinski definition) is 6. The van der Waals surface area contributed by atoms with Gasteiger partial charge in [-0.05, 0) is 57.8 Å². The van der Waals surface area contributed by atoms with Crippen molar-refractivity contribution in [2.45, 2.75) is 380 Å². The standard InChI is InChI=1S/C74H134O6/c1-4-7-10-13-16-19-22-24-26-28-29-30-31-32-33-34-35-36-37-38-39-40-41-42-43-44-46-47-49-52-55-58-61-64-67-73(76)79-70-71(69-78-72(75)66-63-60-57-54-51-21-18-15-12-9-6-3)80-74(77)68-65-62-59-56-53-50-48-45-27-25-23-20-17-14-11-8-5-2/h8,11,17,20,25,27,48,50,56,59,71H,4-7,9-10,12-16,18-19,21-24,26,28-47,49,51-55,57-58,60-70H2,1-3H3/b11-8-,20-17-,27-25-,50-48-,59-56-. The fourth-order valence-corrected chi connectivity index (χ4v) is 10.5. The van der Waals surface area contributed by atoms with Crippen molar-refractivity contribution in [3.05, 3.63) is 60.8 Å². The number of unbranched alkanes of at least 4 members (excludes halogenated alkanes) is 44. The average molecular weight is 1120 g/mol. The van der Waals surface area contributed by atoms with Crippen LogP contribution in [0.1, 0.15) is 374 Å². The highest BCUT2D eigenvalue weighted by Crippen LogP contribution is 2.19. The van der Waals surface area contributed by atoms with E-state index in [-0.39, 0.29) is 37.5 Å². The van der Waals surface area contributed by atoms with E-state index in [4.69, 9.17) is 14.2 Å². The van der Waals surface area contributed by atoms with Crippen LogP contribution in [0.3, 0.4) is 0 Å². The molecule has 0 spiro atoms. The first-order chi connectivity index (χ1) is 39.5. The zero-order valence-corrected chi connectivity index (χ0v) is 53.6. The van der Waals surface area contributed by atoms with Crippen molar-refractivity contribution in [1.82, 2.24) is 0 Å². The van der Waals surface area contributed by atoms with Gasteiger partial charge in [-0.25, -0.2) is 0 Å². The summed E-state index contributed by atoms with van der Waals surface area (Å²) >= 11 is 0. The average Bonchev–Trinajstić information content (AvgIpc) is 3.46. The van der Waals surface area contributed by atoms with Gasteiger partial charge in [0.15, 0.2) is 6.10 Å². The molecule has 0 radical (unpaired) electrons. The van der Waals surface area contributed by atoms with Gasteiger partial charge in [0.25, 0.3) is 0 Å². The van der Waals surface area contributed by atoms with Crippen molar-refractivity contribution in [3.8, 4) is 0 Å². The summed E-state index contributed by atoms with van der Waals surface area (Å²) in [6.07, 6.45) is 88.6.